The molecule has 2 unspecified atom stereocenters. The zero-order valence-electron chi connectivity index (χ0n) is 16.8. The van der Waals surface area contributed by atoms with Crippen molar-refractivity contribution in [3.8, 4) is 0 Å². The molecule has 0 aromatic heterocycles. The molecule has 0 aliphatic carbocycles. The maximum atomic E-state index is 13.2. The van der Waals surface area contributed by atoms with E-state index in [1.165, 1.54) is 13.8 Å². The van der Waals surface area contributed by atoms with Crippen LogP contribution in [0.15, 0.2) is 48.5 Å². The molecule has 1 aliphatic rings. The van der Waals surface area contributed by atoms with Crippen molar-refractivity contribution in [2.24, 2.45) is 0 Å². The number of nitrogens with zero attached hydrogens (tertiary/aromatic N) is 1. The summed E-state index contributed by atoms with van der Waals surface area (Å²) >= 11 is 0. The third-order valence-electron chi connectivity index (χ3n) is 4.54. The van der Waals surface area contributed by atoms with Crippen molar-refractivity contribution in [3.63, 3.8) is 0 Å². The minimum atomic E-state index is -0.257. The first-order chi connectivity index (χ1) is 13.8. The van der Waals surface area contributed by atoms with Gasteiger partial charge in [0.15, 0.2) is 0 Å². The molecule has 2 aromatic carbocycles. The van der Waals surface area contributed by atoms with Gasteiger partial charge in [0.05, 0.1) is 12.6 Å². The van der Waals surface area contributed by atoms with Gasteiger partial charge in [0.1, 0.15) is 6.10 Å². The lowest BCUT2D eigenvalue weighted by Crippen LogP contribution is -2.46. The van der Waals surface area contributed by atoms with Gasteiger partial charge in [0.2, 0.25) is 11.8 Å². The van der Waals surface area contributed by atoms with E-state index in [4.69, 9.17) is 4.74 Å². The largest absolute Gasteiger partial charge is 0.367 e. The Bertz CT molecular complexity index is 879. The summed E-state index contributed by atoms with van der Waals surface area (Å²) in [5, 5.41) is 5.35. The second-order valence-electron chi connectivity index (χ2n) is 7.22. The van der Waals surface area contributed by atoms with Gasteiger partial charge in [-0.05, 0) is 30.7 Å². The quantitative estimate of drug-likeness (QED) is 0.832. The Morgan fingerprint density at radius 3 is 2.07 bits per heavy atom. The first-order valence-corrected chi connectivity index (χ1v) is 9.52. The Morgan fingerprint density at radius 2 is 1.52 bits per heavy atom. The summed E-state index contributed by atoms with van der Waals surface area (Å²) in [6.07, 6.45) is -0.330. The molecule has 1 heterocycles. The van der Waals surface area contributed by atoms with Crippen molar-refractivity contribution in [2.45, 2.75) is 33.0 Å². The first kappa shape index (κ1) is 20.5. The molecule has 3 amide bonds. The molecule has 0 radical (unpaired) electrons. The second-order valence-corrected chi connectivity index (χ2v) is 7.22. The minimum Gasteiger partial charge on any atom is -0.367 e. The van der Waals surface area contributed by atoms with E-state index in [0.717, 1.165) is 5.56 Å². The third kappa shape index (κ3) is 5.42. The lowest BCUT2D eigenvalue weighted by molar-refractivity contribution is -0.115. The SMILES string of the molecule is CC(=O)Nc1cc(NC(C)=O)cc(C(=O)N2CC(C)OC(c3ccccc3)C2)c1. The Kier molecular flexibility index (Phi) is 6.29. The average molecular weight is 395 g/mol. The van der Waals surface area contributed by atoms with Crippen LogP contribution in [0, 0.1) is 0 Å². The van der Waals surface area contributed by atoms with Gasteiger partial charge < -0.3 is 20.3 Å². The van der Waals surface area contributed by atoms with Crippen molar-refractivity contribution in [3.05, 3.63) is 59.7 Å². The summed E-state index contributed by atoms with van der Waals surface area (Å²) in [6.45, 7) is 5.60. The number of carbonyl (C=O) groups is 3. The summed E-state index contributed by atoms with van der Waals surface area (Å²) in [5.41, 5.74) is 2.31. The Balaban J connectivity index is 1.87. The van der Waals surface area contributed by atoms with Crippen LogP contribution in [0.1, 0.15) is 42.8 Å². The highest BCUT2D eigenvalue weighted by Crippen LogP contribution is 2.27. The Hall–Kier alpha value is -3.19. The molecule has 0 spiro atoms. The van der Waals surface area contributed by atoms with Crippen LogP contribution in [-0.2, 0) is 14.3 Å². The van der Waals surface area contributed by atoms with Crippen molar-refractivity contribution in [2.75, 3.05) is 23.7 Å². The van der Waals surface area contributed by atoms with Gasteiger partial charge in [0, 0.05) is 37.3 Å². The molecular weight excluding hydrogens is 370 g/mol. The standard InChI is InChI=1S/C22H25N3O4/c1-14-12-25(13-21(29-14)17-7-5-4-6-8-17)22(28)18-9-19(23-15(2)26)11-20(10-18)24-16(3)27/h4-11,14,21H,12-13H2,1-3H3,(H,23,26)(H,24,27). The van der Waals surface area contributed by atoms with Gasteiger partial charge in [-0.15, -0.1) is 0 Å². The molecule has 7 heteroatoms. The number of anilines is 2. The number of ether oxygens (including phenoxy) is 1. The molecule has 1 fully saturated rings. The van der Waals surface area contributed by atoms with Crippen LogP contribution in [-0.4, -0.2) is 41.8 Å². The Morgan fingerprint density at radius 1 is 0.931 bits per heavy atom. The Labute approximate surface area is 170 Å². The summed E-state index contributed by atoms with van der Waals surface area (Å²) in [7, 11) is 0. The predicted molar refractivity (Wildman–Crippen MR) is 111 cm³/mol. The summed E-state index contributed by atoms with van der Waals surface area (Å²) in [6, 6.07) is 14.7. The van der Waals surface area contributed by atoms with E-state index in [2.05, 4.69) is 10.6 Å². The van der Waals surface area contributed by atoms with Crippen LogP contribution in [0.4, 0.5) is 11.4 Å². The monoisotopic (exact) mass is 395 g/mol. The van der Waals surface area contributed by atoms with Crippen LogP contribution in [0.2, 0.25) is 0 Å². The predicted octanol–water partition coefficient (Wildman–Crippen LogP) is 3.21. The smallest absolute Gasteiger partial charge is 0.254 e. The van der Waals surface area contributed by atoms with Crippen LogP contribution in [0.5, 0.6) is 0 Å². The molecule has 29 heavy (non-hydrogen) atoms. The number of amides is 3. The minimum absolute atomic E-state index is 0.119. The van der Waals surface area contributed by atoms with Gasteiger partial charge in [-0.2, -0.15) is 0 Å². The molecule has 1 saturated heterocycles. The zero-order valence-corrected chi connectivity index (χ0v) is 16.8. The van der Waals surface area contributed by atoms with Gasteiger partial charge in [-0.3, -0.25) is 14.4 Å². The second kappa shape index (κ2) is 8.87. The number of rotatable bonds is 4. The summed E-state index contributed by atoms with van der Waals surface area (Å²) in [5.74, 6) is -0.695. The molecule has 2 aromatic rings. The van der Waals surface area contributed by atoms with Crippen LogP contribution in [0.3, 0.4) is 0 Å². The lowest BCUT2D eigenvalue weighted by atomic mass is 10.0. The highest BCUT2D eigenvalue weighted by atomic mass is 16.5. The first-order valence-electron chi connectivity index (χ1n) is 9.52. The summed E-state index contributed by atoms with van der Waals surface area (Å²) in [4.78, 5) is 37.9. The van der Waals surface area contributed by atoms with E-state index in [1.54, 1.807) is 23.1 Å². The molecule has 152 valence electrons. The molecule has 3 rings (SSSR count). The van der Waals surface area contributed by atoms with Crippen LogP contribution < -0.4 is 10.6 Å². The maximum absolute atomic E-state index is 13.2. The fraction of sp³-hybridized carbons (Fsp3) is 0.318. The molecule has 2 atom stereocenters. The fourth-order valence-corrected chi connectivity index (χ4v) is 3.45. The third-order valence-corrected chi connectivity index (χ3v) is 4.54. The van der Waals surface area contributed by atoms with E-state index in [0.29, 0.717) is 30.0 Å². The van der Waals surface area contributed by atoms with Crippen molar-refractivity contribution < 1.29 is 19.1 Å². The zero-order chi connectivity index (χ0) is 21.0. The van der Waals surface area contributed by atoms with E-state index in [-0.39, 0.29) is 29.9 Å². The maximum Gasteiger partial charge on any atom is 0.254 e. The van der Waals surface area contributed by atoms with E-state index in [9.17, 15) is 14.4 Å². The normalized spacial score (nSPS) is 18.8. The van der Waals surface area contributed by atoms with Crippen molar-refractivity contribution in [1.82, 2.24) is 4.90 Å². The average Bonchev–Trinajstić information content (AvgIpc) is 2.66. The molecule has 0 saturated carbocycles. The highest BCUT2D eigenvalue weighted by Gasteiger charge is 2.30. The number of hydrogen-bond acceptors (Lipinski definition) is 4. The van der Waals surface area contributed by atoms with Crippen molar-refractivity contribution in [1.29, 1.82) is 0 Å². The number of carbonyl (C=O) groups excluding carboxylic acids is 3. The van der Waals surface area contributed by atoms with Gasteiger partial charge in [-0.25, -0.2) is 0 Å². The molecule has 7 nitrogen and oxygen atoms in total. The lowest BCUT2D eigenvalue weighted by Gasteiger charge is -2.37. The van der Waals surface area contributed by atoms with Gasteiger partial charge >= 0.3 is 0 Å². The fourth-order valence-electron chi connectivity index (χ4n) is 3.45. The summed E-state index contributed by atoms with van der Waals surface area (Å²) < 4.78 is 6.03. The van der Waals surface area contributed by atoms with Crippen molar-refractivity contribution >= 4 is 29.1 Å². The van der Waals surface area contributed by atoms with E-state index in [1.807, 2.05) is 37.3 Å². The molecule has 1 aliphatic heterocycles. The number of hydrogen-bond donors (Lipinski definition) is 2. The van der Waals surface area contributed by atoms with Gasteiger partial charge in [0.25, 0.3) is 5.91 Å². The molecular formula is C22H25N3O4. The number of benzene rings is 2. The number of nitrogens with one attached hydrogen (secondary N) is 2. The van der Waals surface area contributed by atoms with E-state index >= 15 is 0 Å². The number of morpholine rings is 1. The van der Waals surface area contributed by atoms with Crippen LogP contribution in [0.25, 0.3) is 0 Å². The van der Waals surface area contributed by atoms with Crippen LogP contribution >= 0.6 is 0 Å². The topological polar surface area (TPSA) is 87.7 Å². The molecule has 2 N–H and O–H groups in total. The van der Waals surface area contributed by atoms with E-state index < -0.39 is 0 Å². The van der Waals surface area contributed by atoms with Gasteiger partial charge in [-0.1, -0.05) is 30.3 Å². The highest BCUT2D eigenvalue weighted by molar-refractivity contribution is 6.00. The molecule has 0 bridgehead atoms.